The van der Waals surface area contributed by atoms with Crippen LogP contribution >= 0.6 is 11.8 Å². The van der Waals surface area contributed by atoms with Crippen LogP contribution in [0.25, 0.3) is 0 Å². The van der Waals surface area contributed by atoms with E-state index >= 15 is 0 Å². The summed E-state index contributed by atoms with van der Waals surface area (Å²) in [5.74, 6) is 0.528. The Kier molecular flexibility index (Phi) is 3.19. The average Bonchev–Trinajstić information content (AvgIpc) is 2.17. The van der Waals surface area contributed by atoms with Crippen molar-refractivity contribution in [1.82, 2.24) is 0 Å². The van der Waals surface area contributed by atoms with Crippen molar-refractivity contribution in [2.75, 3.05) is 13.4 Å². The highest BCUT2D eigenvalue weighted by atomic mass is 32.2. The van der Waals surface area contributed by atoms with Gasteiger partial charge in [-0.25, -0.2) is 0 Å². The minimum absolute atomic E-state index is 0.0512. The van der Waals surface area contributed by atoms with Gasteiger partial charge in [0.2, 0.25) is 0 Å². The van der Waals surface area contributed by atoms with Crippen LogP contribution < -0.4 is 4.74 Å². The Hall–Kier alpha value is -1.16. The van der Waals surface area contributed by atoms with Crippen LogP contribution in [0.15, 0.2) is 17.0 Å². The van der Waals surface area contributed by atoms with Gasteiger partial charge in [0.05, 0.1) is 17.6 Å². The third-order valence-electron chi connectivity index (χ3n) is 1.66. The number of rotatable bonds is 3. The van der Waals surface area contributed by atoms with Gasteiger partial charge in [-0.15, -0.1) is 11.8 Å². The molecule has 0 fully saturated rings. The second kappa shape index (κ2) is 4.18. The molecule has 1 aromatic rings. The number of thioether (sulfide) groups is 1. The monoisotopic (exact) mass is 198 g/mol. The molecule has 0 atom stereocenters. The first-order valence-corrected chi connectivity index (χ1v) is 4.85. The fourth-order valence-corrected chi connectivity index (χ4v) is 1.57. The molecular weight excluding hydrogens is 188 g/mol. The van der Waals surface area contributed by atoms with Crippen molar-refractivity contribution in [2.24, 2.45) is 0 Å². The van der Waals surface area contributed by atoms with E-state index in [-0.39, 0.29) is 11.3 Å². The van der Waals surface area contributed by atoms with Gasteiger partial charge in [-0.3, -0.25) is 4.79 Å². The molecule has 0 spiro atoms. The number of ether oxygens (including phenoxy) is 1. The largest absolute Gasteiger partial charge is 0.507 e. The molecule has 1 aromatic carbocycles. The van der Waals surface area contributed by atoms with Crippen LogP contribution in [-0.2, 0) is 0 Å². The van der Waals surface area contributed by atoms with Gasteiger partial charge in [0, 0.05) is 6.07 Å². The molecule has 0 aliphatic carbocycles. The SMILES string of the molecule is COc1cc(O)c(C=O)cc1SC. The Morgan fingerprint density at radius 1 is 1.54 bits per heavy atom. The van der Waals surface area contributed by atoms with Crippen molar-refractivity contribution < 1.29 is 14.6 Å². The van der Waals surface area contributed by atoms with Crippen LogP contribution in [0.5, 0.6) is 11.5 Å². The third-order valence-corrected chi connectivity index (χ3v) is 2.42. The summed E-state index contributed by atoms with van der Waals surface area (Å²) in [7, 11) is 1.52. The molecule has 0 amide bonds. The summed E-state index contributed by atoms with van der Waals surface area (Å²) >= 11 is 1.46. The van der Waals surface area contributed by atoms with Gasteiger partial charge < -0.3 is 9.84 Å². The number of phenols is 1. The molecule has 0 heterocycles. The van der Waals surface area contributed by atoms with E-state index in [0.717, 1.165) is 4.90 Å². The summed E-state index contributed by atoms with van der Waals surface area (Å²) in [5, 5.41) is 9.32. The van der Waals surface area contributed by atoms with Gasteiger partial charge in [0.15, 0.2) is 6.29 Å². The topological polar surface area (TPSA) is 46.5 Å². The summed E-state index contributed by atoms with van der Waals surface area (Å²) in [6, 6.07) is 3.04. The second-order valence-corrected chi connectivity index (χ2v) is 3.23. The van der Waals surface area contributed by atoms with Crippen molar-refractivity contribution in [1.29, 1.82) is 0 Å². The Morgan fingerprint density at radius 3 is 2.69 bits per heavy atom. The van der Waals surface area contributed by atoms with Crippen molar-refractivity contribution >= 4 is 18.0 Å². The highest BCUT2D eigenvalue weighted by molar-refractivity contribution is 7.98. The quantitative estimate of drug-likeness (QED) is 0.595. The van der Waals surface area contributed by atoms with Gasteiger partial charge in [-0.1, -0.05) is 0 Å². The summed E-state index contributed by atoms with van der Waals surface area (Å²) in [4.78, 5) is 11.3. The number of aromatic hydroxyl groups is 1. The first kappa shape index (κ1) is 9.92. The fourth-order valence-electron chi connectivity index (χ4n) is 0.978. The molecule has 0 unspecified atom stereocenters. The van der Waals surface area contributed by atoms with Crippen LogP contribution in [0.3, 0.4) is 0 Å². The molecule has 0 aliphatic rings. The van der Waals surface area contributed by atoms with E-state index < -0.39 is 0 Å². The van der Waals surface area contributed by atoms with Crippen LogP contribution in [0.4, 0.5) is 0 Å². The van der Waals surface area contributed by atoms with E-state index in [1.165, 1.54) is 24.9 Å². The van der Waals surface area contributed by atoms with E-state index in [1.54, 1.807) is 6.07 Å². The third kappa shape index (κ3) is 1.95. The number of benzene rings is 1. The zero-order chi connectivity index (χ0) is 9.84. The van der Waals surface area contributed by atoms with Crippen LogP contribution in [0.1, 0.15) is 10.4 Å². The maximum atomic E-state index is 10.5. The zero-order valence-electron chi connectivity index (χ0n) is 7.40. The summed E-state index contributed by atoms with van der Waals surface area (Å²) in [6.45, 7) is 0. The first-order chi connectivity index (χ1) is 6.22. The van der Waals surface area contributed by atoms with Crippen molar-refractivity contribution in [3.8, 4) is 11.5 Å². The normalized spacial score (nSPS) is 9.69. The van der Waals surface area contributed by atoms with E-state index in [2.05, 4.69) is 0 Å². The lowest BCUT2D eigenvalue weighted by atomic mass is 10.2. The summed E-state index contributed by atoms with van der Waals surface area (Å²) in [6.07, 6.45) is 2.50. The number of hydrogen-bond donors (Lipinski definition) is 1. The molecule has 4 heteroatoms. The molecule has 0 aliphatic heterocycles. The van der Waals surface area contributed by atoms with Crippen molar-refractivity contribution in [2.45, 2.75) is 4.90 Å². The maximum absolute atomic E-state index is 10.5. The fraction of sp³-hybridized carbons (Fsp3) is 0.222. The van der Waals surface area contributed by atoms with Crippen LogP contribution in [0.2, 0.25) is 0 Å². The highest BCUT2D eigenvalue weighted by Gasteiger charge is 2.07. The molecule has 0 bridgehead atoms. The molecule has 13 heavy (non-hydrogen) atoms. The second-order valence-electron chi connectivity index (χ2n) is 2.38. The van der Waals surface area contributed by atoms with Crippen LogP contribution in [-0.4, -0.2) is 24.8 Å². The standard InChI is InChI=1S/C9H10O3S/c1-12-8-4-7(11)6(5-10)3-9(8)13-2/h3-5,11H,1-2H3. The molecule has 0 saturated heterocycles. The lowest BCUT2D eigenvalue weighted by Gasteiger charge is -2.07. The summed E-state index contributed by atoms with van der Waals surface area (Å²) in [5.41, 5.74) is 0.283. The van der Waals surface area contributed by atoms with Crippen molar-refractivity contribution in [3.05, 3.63) is 17.7 Å². The molecular formula is C9H10O3S. The Bertz CT molecular complexity index is 323. The van der Waals surface area contributed by atoms with E-state index in [1.807, 2.05) is 6.26 Å². The van der Waals surface area contributed by atoms with Crippen molar-refractivity contribution in [3.63, 3.8) is 0 Å². The first-order valence-electron chi connectivity index (χ1n) is 3.63. The number of hydrogen-bond acceptors (Lipinski definition) is 4. The number of carbonyl (C=O) groups excluding carboxylic acids is 1. The van der Waals surface area contributed by atoms with E-state index in [9.17, 15) is 9.90 Å². The number of phenolic OH excluding ortho intramolecular Hbond substituents is 1. The Labute approximate surface area is 80.7 Å². The van der Waals surface area contributed by atoms with Gasteiger partial charge in [-0.2, -0.15) is 0 Å². The molecule has 1 rings (SSSR count). The minimum Gasteiger partial charge on any atom is -0.507 e. The van der Waals surface area contributed by atoms with Crippen LogP contribution in [0, 0.1) is 0 Å². The van der Waals surface area contributed by atoms with Gasteiger partial charge in [0.1, 0.15) is 11.5 Å². The predicted molar refractivity (Wildman–Crippen MR) is 51.8 cm³/mol. The lowest BCUT2D eigenvalue weighted by Crippen LogP contribution is -1.89. The average molecular weight is 198 g/mol. The Morgan fingerprint density at radius 2 is 2.23 bits per heavy atom. The molecule has 1 N–H and O–H groups in total. The smallest absolute Gasteiger partial charge is 0.153 e. The molecule has 0 aromatic heterocycles. The molecule has 3 nitrogen and oxygen atoms in total. The minimum atomic E-state index is -0.0512. The van der Waals surface area contributed by atoms with E-state index in [4.69, 9.17) is 4.74 Å². The lowest BCUT2D eigenvalue weighted by molar-refractivity contribution is 0.112. The molecule has 0 radical (unpaired) electrons. The van der Waals surface area contributed by atoms with Gasteiger partial charge in [-0.05, 0) is 12.3 Å². The zero-order valence-corrected chi connectivity index (χ0v) is 8.22. The molecule has 0 saturated carbocycles. The Balaban J connectivity index is 3.26. The van der Waals surface area contributed by atoms with Gasteiger partial charge in [0.25, 0.3) is 0 Å². The van der Waals surface area contributed by atoms with Gasteiger partial charge >= 0.3 is 0 Å². The summed E-state index contributed by atoms with van der Waals surface area (Å²) < 4.78 is 5.02. The number of carbonyl (C=O) groups is 1. The van der Waals surface area contributed by atoms with E-state index in [0.29, 0.717) is 12.0 Å². The highest BCUT2D eigenvalue weighted by Crippen LogP contribution is 2.32. The maximum Gasteiger partial charge on any atom is 0.153 e. The number of aldehydes is 1. The predicted octanol–water partition coefficient (Wildman–Crippen LogP) is 1.94. The molecule has 70 valence electrons. The number of methoxy groups -OCH3 is 1.